The Morgan fingerprint density at radius 3 is 2.92 bits per heavy atom. The van der Waals surface area contributed by atoms with Gasteiger partial charge in [-0.15, -0.1) is 11.3 Å². The molecule has 0 amide bonds. The van der Waals surface area contributed by atoms with Gasteiger partial charge in [0.1, 0.15) is 0 Å². The fraction of sp³-hybridized carbons (Fsp3) is 0.500. The molecule has 0 N–H and O–H groups in total. The van der Waals surface area contributed by atoms with Gasteiger partial charge < -0.3 is 4.74 Å². The minimum absolute atomic E-state index is 0.330. The topological polar surface area (TPSA) is 39.2 Å². The lowest BCUT2D eigenvalue weighted by atomic mass is 10.3. The van der Waals surface area contributed by atoms with Crippen molar-refractivity contribution in [2.24, 2.45) is 0 Å². The van der Waals surface area contributed by atoms with Gasteiger partial charge in [0.15, 0.2) is 9.61 Å². The zero-order chi connectivity index (χ0) is 9.42. The van der Waals surface area contributed by atoms with E-state index in [-0.39, 0.29) is 5.97 Å². The van der Waals surface area contributed by atoms with Crippen LogP contribution in [-0.4, -0.2) is 18.1 Å². The number of esters is 1. The third kappa shape index (κ3) is 1.76. The molecule has 0 saturated heterocycles. The normalized spacial score (nSPS) is 15.8. The van der Waals surface area contributed by atoms with Gasteiger partial charge in [0.05, 0.1) is 7.11 Å². The molecule has 0 spiro atoms. The Hall–Kier alpha value is -0.420. The van der Waals surface area contributed by atoms with Gasteiger partial charge in [-0.25, -0.2) is 9.78 Å². The van der Waals surface area contributed by atoms with Crippen molar-refractivity contribution in [2.45, 2.75) is 18.8 Å². The summed E-state index contributed by atoms with van der Waals surface area (Å²) in [6.45, 7) is 0. The maximum atomic E-state index is 11.3. The van der Waals surface area contributed by atoms with Crippen molar-refractivity contribution in [3.63, 3.8) is 0 Å². The van der Waals surface area contributed by atoms with Crippen LogP contribution in [0.25, 0.3) is 0 Å². The quantitative estimate of drug-likeness (QED) is 0.769. The third-order valence-electron chi connectivity index (χ3n) is 1.95. The van der Waals surface area contributed by atoms with E-state index in [1.807, 2.05) is 0 Å². The Morgan fingerprint density at radius 2 is 2.38 bits per heavy atom. The zero-order valence-corrected chi connectivity index (χ0v) is 9.44. The molecule has 1 heterocycles. The second kappa shape index (κ2) is 3.38. The van der Waals surface area contributed by atoms with Crippen LogP contribution in [0.15, 0.2) is 3.92 Å². The van der Waals surface area contributed by atoms with E-state index in [0.29, 0.717) is 11.6 Å². The molecular weight excluding hydrogens is 254 g/mol. The summed E-state index contributed by atoms with van der Waals surface area (Å²) in [5, 5.41) is 0. The predicted octanol–water partition coefficient (Wildman–Crippen LogP) is 2.57. The maximum Gasteiger partial charge on any atom is 0.357 e. The first-order valence-electron chi connectivity index (χ1n) is 3.97. The van der Waals surface area contributed by atoms with Gasteiger partial charge in [0, 0.05) is 4.88 Å². The minimum Gasteiger partial charge on any atom is -0.464 e. The molecule has 1 aliphatic carbocycles. The molecule has 3 nitrogen and oxygen atoms in total. The average molecular weight is 262 g/mol. The van der Waals surface area contributed by atoms with Crippen LogP contribution in [0.5, 0.6) is 0 Å². The first-order valence-corrected chi connectivity index (χ1v) is 5.58. The number of thiazole rings is 1. The summed E-state index contributed by atoms with van der Waals surface area (Å²) >= 11 is 4.81. The van der Waals surface area contributed by atoms with Crippen LogP contribution in [0.2, 0.25) is 0 Å². The molecule has 70 valence electrons. The number of carbonyl (C=O) groups excluding carboxylic acids is 1. The summed E-state index contributed by atoms with van der Waals surface area (Å²) < 4.78 is 5.41. The number of rotatable bonds is 2. The van der Waals surface area contributed by atoms with Crippen LogP contribution in [0.3, 0.4) is 0 Å². The van der Waals surface area contributed by atoms with Gasteiger partial charge in [-0.3, -0.25) is 0 Å². The molecule has 1 aliphatic rings. The molecule has 2 rings (SSSR count). The Kier molecular flexibility index (Phi) is 2.38. The second-order valence-corrected chi connectivity index (χ2v) is 5.25. The molecule has 1 fully saturated rings. The third-order valence-corrected chi connectivity index (χ3v) is 3.62. The molecule has 1 aromatic heterocycles. The van der Waals surface area contributed by atoms with Gasteiger partial charge in [-0.05, 0) is 34.7 Å². The molecule has 1 aromatic rings. The van der Waals surface area contributed by atoms with E-state index >= 15 is 0 Å². The minimum atomic E-state index is -0.330. The Morgan fingerprint density at radius 1 is 1.69 bits per heavy atom. The summed E-state index contributed by atoms with van der Waals surface area (Å²) in [5.41, 5.74) is 0.488. The van der Waals surface area contributed by atoms with Crippen molar-refractivity contribution in [3.8, 4) is 0 Å². The lowest BCUT2D eigenvalue weighted by molar-refractivity contribution is 0.0593. The molecular formula is C8H8BrNO2S. The average Bonchev–Trinajstić information content (AvgIpc) is 2.89. The maximum absolute atomic E-state index is 11.3. The Balaban J connectivity index is 2.36. The second-order valence-electron chi connectivity index (χ2n) is 2.95. The van der Waals surface area contributed by atoms with E-state index in [2.05, 4.69) is 25.7 Å². The first-order chi connectivity index (χ1) is 6.22. The van der Waals surface area contributed by atoms with E-state index in [4.69, 9.17) is 0 Å². The van der Waals surface area contributed by atoms with Crippen molar-refractivity contribution in [1.29, 1.82) is 0 Å². The highest BCUT2D eigenvalue weighted by molar-refractivity contribution is 9.11. The summed E-state index contributed by atoms with van der Waals surface area (Å²) in [6.07, 6.45) is 2.33. The van der Waals surface area contributed by atoms with Crippen molar-refractivity contribution in [2.75, 3.05) is 7.11 Å². The van der Waals surface area contributed by atoms with Crippen LogP contribution in [0.1, 0.15) is 34.1 Å². The lowest BCUT2D eigenvalue weighted by Crippen LogP contribution is -2.04. The number of halogens is 1. The number of ether oxygens (including phenoxy) is 1. The van der Waals surface area contributed by atoms with E-state index in [0.717, 1.165) is 8.79 Å². The van der Waals surface area contributed by atoms with Gasteiger partial charge in [-0.1, -0.05) is 0 Å². The largest absolute Gasteiger partial charge is 0.464 e. The van der Waals surface area contributed by atoms with E-state index in [9.17, 15) is 4.79 Å². The lowest BCUT2D eigenvalue weighted by Gasteiger charge is -1.96. The number of hydrogen-bond acceptors (Lipinski definition) is 4. The van der Waals surface area contributed by atoms with Crippen LogP contribution in [0.4, 0.5) is 0 Å². The van der Waals surface area contributed by atoms with Crippen LogP contribution >= 0.6 is 27.3 Å². The van der Waals surface area contributed by atoms with Crippen LogP contribution in [-0.2, 0) is 4.74 Å². The molecule has 1 saturated carbocycles. The molecule has 0 aliphatic heterocycles. The summed E-state index contributed by atoms with van der Waals surface area (Å²) in [5.74, 6) is 0.210. The fourth-order valence-electron chi connectivity index (χ4n) is 1.17. The van der Waals surface area contributed by atoms with E-state index in [1.54, 1.807) is 0 Å². The summed E-state index contributed by atoms with van der Waals surface area (Å²) in [6, 6.07) is 0. The summed E-state index contributed by atoms with van der Waals surface area (Å²) in [4.78, 5) is 16.5. The van der Waals surface area contributed by atoms with E-state index < -0.39 is 0 Å². The van der Waals surface area contributed by atoms with Crippen molar-refractivity contribution in [1.82, 2.24) is 4.98 Å². The van der Waals surface area contributed by atoms with Crippen LogP contribution in [0, 0.1) is 0 Å². The highest BCUT2D eigenvalue weighted by Gasteiger charge is 2.31. The number of methoxy groups -OCH3 is 1. The molecule has 0 unspecified atom stereocenters. The van der Waals surface area contributed by atoms with Crippen LogP contribution < -0.4 is 0 Å². The first kappa shape index (κ1) is 9.15. The van der Waals surface area contributed by atoms with Gasteiger partial charge in [0.2, 0.25) is 0 Å². The smallest absolute Gasteiger partial charge is 0.357 e. The number of hydrogen-bond donors (Lipinski definition) is 0. The predicted molar refractivity (Wildman–Crippen MR) is 53.1 cm³/mol. The molecule has 0 aromatic carbocycles. The number of aromatic nitrogens is 1. The molecule has 0 atom stereocenters. The van der Waals surface area contributed by atoms with Crippen molar-refractivity contribution in [3.05, 3.63) is 14.5 Å². The molecule has 0 bridgehead atoms. The summed E-state index contributed by atoms with van der Waals surface area (Å²) in [7, 11) is 1.38. The van der Waals surface area contributed by atoms with E-state index in [1.165, 1.54) is 31.3 Å². The standard InChI is InChI=1S/C8H8BrNO2S/c1-12-7(11)5-6(4-2-3-4)13-8(9)10-5/h4H,2-3H2,1H3. The number of nitrogens with zero attached hydrogens (tertiary/aromatic N) is 1. The Bertz CT molecular complexity index is 346. The molecule has 5 heteroatoms. The van der Waals surface area contributed by atoms with Crippen molar-refractivity contribution < 1.29 is 9.53 Å². The monoisotopic (exact) mass is 261 g/mol. The highest BCUT2D eigenvalue weighted by Crippen LogP contribution is 2.45. The SMILES string of the molecule is COC(=O)c1nc(Br)sc1C1CC1. The Labute approximate surface area is 88.3 Å². The number of carbonyl (C=O) groups is 1. The van der Waals surface area contributed by atoms with Gasteiger partial charge in [-0.2, -0.15) is 0 Å². The fourth-order valence-corrected chi connectivity index (χ4v) is 2.82. The van der Waals surface area contributed by atoms with Gasteiger partial charge >= 0.3 is 5.97 Å². The van der Waals surface area contributed by atoms with Gasteiger partial charge in [0.25, 0.3) is 0 Å². The zero-order valence-electron chi connectivity index (χ0n) is 7.04. The molecule has 13 heavy (non-hydrogen) atoms. The molecule has 0 radical (unpaired) electrons. The highest BCUT2D eigenvalue weighted by atomic mass is 79.9. The van der Waals surface area contributed by atoms with Crippen molar-refractivity contribution >= 4 is 33.2 Å².